The van der Waals surface area contributed by atoms with Gasteiger partial charge >= 0.3 is 5.89 Å². The Morgan fingerprint density at radius 3 is 2.53 bits per heavy atom. The fraction of sp³-hybridized carbons (Fsp3) is 0.242. The number of hydrogen-bond acceptors (Lipinski definition) is 9. The maximum absolute atomic E-state index is 11.5. The standard InChI is InChI=1S/C33H32N2O8S2/c1-2-23(19-31-34(15-7-17-44-43-42-36)28-21-25-10-3-4-11-26(25)22-30(28)41-31)20-32-35(16-8-18-45(37,38)39)33-27-12-6-5-9-24(27)13-14-29(33)40-32/h3-6,9-14,19-22H,2,7-8,15-18H2,1H3,(H-,36,37,38,39)/p+1. The molecule has 0 fully saturated rings. The zero-order valence-corrected chi connectivity index (χ0v) is 26.2. The number of allylic oxidation sites excluding steroid dienone is 2. The number of fused-ring (bicyclic) bond motifs is 5. The molecule has 0 unspecified atom stereocenters. The molecule has 1 aliphatic heterocycles. The quantitative estimate of drug-likeness (QED) is 0.0336. The van der Waals surface area contributed by atoms with Gasteiger partial charge in [-0.15, -0.1) is 4.33 Å². The van der Waals surface area contributed by atoms with E-state index in [0.29, 0.717) is 42.6 Å². The molecule has 1 aromatic heterocycles. The van der Waals surface area contributed by atoms with E-state index in [4.69, 9.17) is 14.4 Å². The summed E-state index contributed by atoms with van der Waals surface area (Å²) in [5.41, 5.74) is 3.43. The van der Waals surface area contributed by atoms with E-state index in [-0.39, 0.29) is 12.2 Å². The van der Waals surface area contributed by atoms with Gasteiger partial charge in [-0.05, 0) is 58.8 Å². The number of ether oxygens (including phenoxy) is 1. The molecule has 0 radical (unpaired) electrons. The Bertz CT molecular complexity index is 2020. The van der Waals surface area contributed by atoms with Crippen molar-refractivity contribution in [3.8, 4) is 5.75 Å². The molecule has 1 aliphatic rings. The summed E-state index contributed by atoms with van der Waals surface area (Å²) >= 11 is 1.01. The molecule has 0 aliphatic carbocycles. The minimum absolute atomic E-state index is 0.216. The fourth-order valence-corrected chi connectivity index (χ4v) is 6.48. The summed E-state index contributed by atoms with van der Waals surface area (Å²) in [6.07, 6.45) is 5.56. The van der Waals surface area contributed by atoms with Gasteiger partial charge in [-0.2, -0.15) is 13.0 Å². The summed E-state index contributed by atoms with van der Waals surface area (Å²) in [5, 5.41) is 16.4. The first-order valence-electron chi connectivity index (χ1n) is 14.6. The Labute approximate surface area is 264 Å². The molecular weight excluding hydrogens is 617 g/mol. The van der Waals surface area contributed by atoms with Crippen molar-refractivity contribution in [2.45, 2.75) is 32.7 Å². The van der Waals surface area contributed by atoms with Gasteiger partial charge in [0.25, 0.3) is 15.6 Å². The number of benzene rings is 4. The molecule has 0 amide bonds. The topological polar surface area (TPSA) is 123 Å². The number of rotatable bonds is 13. The summed E-state index contributed by atoms with van der Waals surface area (Å²) in [6, 6.07) is 24.2. The average molecular weight is 650 g/mol. The van der Waals surface area contributed by atoms with Crippen molar-refractivity contribution in [3.63, 3.8) is 0 Å². The molecule has 45 heavy (non-hydrogen) atoms. The minimum Gasteiger partial charge on any atom is -0.439 e. The lowest BCUT2D eigenvalue weighted by Gasteiger charge is -2.18. The number of oxazole rings is 1. The Hall–Kier alpha value is -3.91. The molecule has 0 bridgehead atoms. The molecule has 0 saturated carbocycles. The van der Waals surface area contributed by atoms with Crippen LogP contribution in [-0.2, 0) is 26.0 Å². The summed E-state index contributed by atoms with van der Waals surface area (Å²) in [6.45, 7) is 3.01. The normalized spacial score (nSPS) is 14.6. The van der Waals surface area contributed by atoms with Crippen LogP contribution in [0.3, 0.4) is 0 Å². The molecule has 5 aromatic rings. The number of nitrogens with zero attached hydrogens (tertiary/aromatic N) is 2. The van der Waals surface area contributed by atoms with Crippen molar-refractivity contribution in [3.05, 3.63) is 96.2 Å². The van der Waals surface area contributed by atoms with Gasteiger partial charge < -0.3 is 14.1 Å². The second kappa shape index (κ2) is 13.6. The predicted molar refractivity (Wildman–Crippen MR) is 175 cm³/mol. The first kappa shape index (κ1) is 31.1. The van der Waals surface area contributed by atoms with Gasteiger partial charge in [0.15, 0.2) is 12.3 Å². The monoisotopic (exact) mass is 649 g/mol. The zero-order chi connectivity index (χ0) is 31.4. The lowest BCUT2D eigenvalue weighted by molar-refractivity contribution is -0.677. The summed E-state index contributed by atoms with van der Waals surface area (Å²) in [7, 11) is -4.11. The highest BCUT2D eigenvalue weighted by Gasteiger charge is 2.28. The third kappa shape index (κ3) is 7.01. The van der Waals surface area contributed by atoms with E-state index < -0.39 is 10.1 Å². The van der Waals surface area contributed by atoms with E-state index in [1.165, 1.54) is 0 Å². The van der Waals surface area contributed by atoms with Crippen LogP contribution in [-0.4, -0.2) is 36.3 Å². The van der Waals surface area contributed by atoms with Crippen molar-refractivity contribution in [2.24, 2.45) is 0 Å². The van der Waals surface area contributed by atoms with E-state index in [0.717, 1.165) is 62.5 Å². The fourth-order valence-electron chi connectivity index (χ4n) is 5.63. The van der Waals surface area contributed by atoms with Gasteiger partial charge in [-0.3, -0.25) is 4.55 Å². The number of anilines is 1. The van der Waals surface area contributed by atoms with Crippen LogP contribution in [0.4, 0.5) is 5.69 Å². The third-order valence-electron chi connectivity index (χ3n) is 7.71. The summed E-state index contributed by atoms with van der Waals surface area (Å²) in [4.78, 5) is 2.12. The number of hydrogen-bond donors (Lipinski definition) is 2. The van der Waals surface area contributed by atoms with E-state index in [1.54, 1.807) is 0 Å². The van der Waals surface area contributed by atoms with Crippen LogP contribution in [0.1, 0.15) is 32.1 Å². The maximum Gasteiger partial charge on any atom is 0.374 e. The summed E-state index contributed by atoms with van der Waals surface area (Å²) < 4.78 is 51.8. The summed E-state index contributed by atoms with van der Waals surface area (Å²) in [5.74, 6) is 2.22. The highest BCUT2D eigenvalue weighted by atomic mass is 32.2. The molecule has 0 atom stereocenters. The van der Waals surface area contributed by atoms with Crippen LogP contribution in [0.15, 0.2) is 94.7 Å². The molecule has 10 nitrogen and oxygen atoms in total. The van der Waals surface area contributed by atoms with Crippen molar-refractivity contribution in [1.82, 2.24) is 0 Å². The molecule has 12 heteroatoms. The molecular formula is C33H33N2O8S2+. The molecule has 6 rings (SSSR count). The van der Waals surface area contributed by atoms with E-state index in [2.05, 4.69) is 32.5 Å². The molecule has 4 aromatic carbocycles. The van der Waals surface area contributed by atoms with Crippen molar-refractivity contribution < 1.29 is 41.3 Å². The number of aryl methyl sites for hydroxylation is 1. The number of aromatic nitrogens is 1. The Balaban J connectivity index is 1.40. The molecule has 2 N–H and O–H groups in total. The second-order valence-electron chi connectivity index (χ2n) is 10.7. The largest absolute Gasteiger partial charge is 0.439 e. The van der Waals surface area contributed by atoms with E-state index in [9.17, 15) is 13.0 Å². The lowest BCUT2D eigenvalue weighted by atomic mass is 10.1. The van der Waals surface area contributed by atoms with Gasteiger partial charge in [0.2, 0.25) is 11.5 Å². The highest BCUT2D eigenvalue weighted by molar-refractivity contribution is 7.94. The van der Waals surface area contributed by atoms with Gasteiger partial charge in [0.1, 0.15) is 0 Å². The Morgan fingerprint density at radius 1 is 1.02 bits per heavy atom. The highest BCUT2D eigenvalue weighted by Crippen LogP contribution is 2.42. The maximum atomic E-state index is 11.5. The van der Waals surface area contributed by atoms with Crippen molar-refractivity contribution in [1.29, 1.82) is 0 Å². The van der Waals surface area contributed by atoms with Crippen LogP contribution >= 0.6 is 12.0 Å². The van der Waals surface area contributed by atoms with Gasteiger partial charge in [-0.25, -0.2) is 5.26 Å². The average Bonchev–Trinajstić information content (AvgIpc) is 3.55. The molecule has 234 valence electrons. The molecule has 0 saturated heterocycles. The smallest absolute Gasteiger partial charge is 0.374 e. The zero-order valence-electron chi connectivity index (χ0n) is 24.6. The SMILES string of the molecule is CCC(=Cc1oc2ccc3ccccc3c2[n+]1CCCS(=O)(=O)O)C=C1Oc2cc3ccccc3cc2N1CCCSOOO. The van der Waals surface area contributed by atoms with Crippen LogP contribution in [0.2, 0.25) is 0 Å². The molecule has 0 spiro atoms. The minimum atomic E-state index is -4.11. The lowest BCUT2D eigenvalue weighted by Crippen LogP contribution is -2.36. The third-order valence-corrected chi connectivity index (χ3v) is 9.13. The predicted octanol–water partition coefficient (Wildman–Crippen LogP) is 7.30. The first-order chi connectivity index (χ1) is 21.8. The van der Waals surface area contributed by atoms with Gasteiger partial charge in [0, 0.05) is 36.8 Å². The van der Waals surface area contributed by atoms with E-state index in [1.807, 2.05) is 78.2 Å². The van der Waals surface area contributed by atoms with Crippen molar-refractivity contribution >= 4 is 66.6 Å². The first-order valence-corrected chi connectivity index (χ1v) is 17.2. The Morgan fingerprint density at radius 2 is 1.78 bits per heavy atom. The van der Waals surface area contributed by atoms with E-state index >= 15 is 0 Å². The van der Waals surface area contributed by atoms with Gasteiger partial charge in [0.05, 0.1) is 22.9 Å². The van der Waals surface area contributed by atoms with Crippen LogP contribution in [0.5, 0.6) is 5.75 Å². The van der Waals surface area contributed by atoms with Crippen LogP contribution < -0.4 is 14.2 Å². The molecule has 2 heterocycles. The van der Waals surface area contributed by atoms with Crippen LogP contribution in [0.25, 0.3) is 38.7 Å². The van der Waals surface area contributed by atoms with Crippen molar-refractivity contribution in [2.75, 3.05) is 23.0 Å². The van der Waals surface area contributed by atoms with Crippen LogP contribution in [0, 0.1) is 0 Å². The second-order valence-corrected chi connectivity index (χ2v) is 13.0. The Kier molecular flexibility index (Phi) is 9.40. The van der Waals surface area contributed by atoms with Gasteiger partial charge in [-0.1, -0.05) is 60.5 Å².